The Balaban J connectivity index is 2.40. The first kappa shape index (κ1) is 15.5. The van der Waals surface area contributed by atoms with Gasteiger partial charge < -0.3 is 10.1 Å². The first-order valence-corrected chi connectivity index (χ1v) is 7.55. The van der Waals surface area contributed by atoms with Gasteiger partial charge in [-0.25, -0.2) is 0 Å². The highest BCUT2D eigenvalue weighted by Crippen LogP contribution is 2.27. The zero-order chi connectivity index (χ0) is 13.4. The molecule has 1 aliphatic rings. The molecule has 1 aliphatic carbocycles. The minimum Gasteiger partial charge on any atom is -0.468 e. The SMILES string of the molecule is CCCC1CCCC(NC(CC)C(=O)OC)CC1. The number of esters is 1. The van der Waals surface area contributed by atoms with Crippen molar-refractivity contribution in [1.82, 2.24) is 5.32 Å². The van der Waals surface area contributed by atoms with Crippen LogP contribution in [0, 0.1) is 5.92 Å². The first-order chi connectivity index (χ1) is 8.71. The Labute approximate surface area is 112 Å². The second kappa shape index (κ2) is 8.52. The fourth-order valence-electron chi connectivity index (χ4n) is 3.02. The molecule has 0 aromatic rings. The van der Waals surface area contributed by atoms with Crippen LogP contribution in [-0.4, -0.2) is 25.2 Å². The van der Waals surface area contributed by atoms with Crippen molar-refractivity contribution in [3.8, 4) is 0 Å². The molecule has 1 saturated carbocycles. The minimum atomic E-state index is -0.122. The van der Waals surface area contributed by atoms with E-state index in [1.54, 1.807) is 0 Å². The van der Waals surface area contributed by atoms with Crippen LogP contribution in [-0.2, 0) is 9.53 Å². The molecule has 3 atom stereocenters. The lowest BCUT2D eigenvalue weighted by molar-refractivity contribution is -0.143. The highest BCUT2D eigenvalue weighted by atomic mass is 16.5. The van der Waals surface area contributed by atoms with Crippen LogP contribution in [0.4, 0.5) is 0 Å². The summed E-state index contributed by atoms with van der Waals surface area (Å²) in [6.45, 7) is 4.30. The maximum absolute atomic E-state index is 11.6. The van der Waals surface area contributed by atoms with Crippen LogP contribution in [0.2, 0.25) is 0 Å². The second-order valence-electron chi connectivity index (χ2n) is 5.51. The van der Waals surface area contributed by atoms with E-state index in [0.717, 1.165) is 12.3 Å². The lowest BCUT2D eigenvalue weighted by atomic mass is 9.95. The average molecular weight is 255 g/mol. The minimum absolute atomic E-state index is 0.119. The highest BCUT2D eigenvalue weighted by molar-refractivity contribution is 5.75. The van der Waals surface area contributed by atoms with Gasteiger partial charge in [-0.05, 0) is 31.6 Å². The quantitative estimate of drug-likeness (QED) is 0.585. The molecule has 3 heteroatoms. The third-order valence-corrected chi connectivity index (χ3v) is 4.12. The smallest absolute Gasteiger partial charge is 0.322 e. The van der Waals surface area contributed by atoms with Crippen LogP contribution in [0.5, 0.6) is 0 Å². The molecule has 106 valence electrons. The molecule has 0 aromatic carbocycles. The van der Waals surface area contributed by atoms with Gasteiger partial charge in [-0.2, -0.15) is 0 Å². The van der Waals surface area contributed by atoms with E-state index in [9.17, 15) is 4.79 Å². The van der Waals surface area contributed by atoms with Crippen LogP contribution in [0.15, 0.2) is 0 Å². The summed E-state index contributed by atoms with van der Waals surface area (Å²) in [7, 11) is 1.47. The topological polar surface area (TPSA) is 38.3 Å². The molecule has 0 amide bonds. The zero-order valence-corrected chi connectivity index (χ0v) is 12.2. The number of carbonyl (C=O) groups excluding carboxylic acids is 1. The van der Waals surface area contributed by atoms with E-state index in [4.69, 9.17) is 4.74 Å². The summed E-state index contributed by atoms with van der Waals surface area (Å²) >= 11 is 0. The van der Waals surface area contributed by atoms with Crippen molar-refractivity contribution in [2.75, 3.05) is 7.11 Å². The number of rotatable bonds is 6. The van der Waals surface area contributed by atoms with E-state index < -0.39 is 0 Å². The van der Waals surface area contributed by atoms with Gasteiger partial charge in [0, 0.05) is 6.04 Å². The van der Waals surface area contributed by atoms with Gasteiger partial charge in [-0.3, -0.25) is 4.79 Å². The van der Waals surface area contributed by atoms with E-state index >= 15 is 0 Å². The van der Waals surface area contributed by atoms with E-state index in [1.807, 2.05) is 6.92 Å². The fourth-order valence-corrected chi connectivity index (χ4v) is 3.02. The molecule has 3 unspecified atom stereocenters. The summed E-state index contributed by atoms with van der Waals surface area (Å²) in [6, 6.07) is 0.374. The van der Waals surface area contributed by atoms with E-state index in [1.165, 1.54) is 52.1 Å². The van der Waals surface area contributed by atoms with Crippen LogP contribution in [0.1, 0.15) is 65.2 Å². The molecular formula is C15H29NO2. The Bertz CT molecular complexity index is 243. The molecule has 0 spiro atoms. The Hall–Kier alpha value is -0.570. The first-order valence-electron chi connectivity index (χ1n) is 7.55. The molecular weight excluding hydrogens is 226 g/mol. The van der Waals surface area contributed by atoms with E-state index in [-0.39, 0.29) is 12.0 Å². The predicted octanol–water partition coefficient (Wildman–Crippen LogP) is 3.28. The second-order valence-corrected chi connectivity index (χ2v) is 5.51. The molecule has 1 rings (SSSR count). The number of nitrogens with one attached hydrogen (secondary N) is 1. The standard InChI is InChI=1S/C15H29NO2/c1-4-7-12-8-6-9-13(11-10-12)16-14(5-2)15(17)18-3/h12-14,16H,4-11H2,1-3H3. The van der Waals surface area contributed by atoms with Crippen LogP contribution < -0.4 is 5.32 Å². The maximum atomic E-state index is 11.6. The van der Waals surface area contributed by atoms with Crippen LogP contribution in [0.25, 0.3) is 0 Å². The Morgan fingerprint density at radius 2 is 2.06 bits per heavy atom. The normalized spacial score (nSPS) is 26.4. The van der Waals surface area contributed by atoms with Gasteiger partial charge in [0.05, 0.1) is 7.11 Å². The molecule has 18 heavy (non-hydrogen) atoms. The number of carbonyl (C=O) groups is 1. The fraction of sp³-hybridized carbons (Fsp3) is 0.933. The number of ether oxygens (including phenoxy) is 1. The van der Waals surface area contributed by atoms with Crippen LogP contribution in [0.3, 0.4) is 0 Å². The lowest BCUT2D eigenvalue weighted by Gasteiger charge is -2.22. The largest absolute Gasteiger partial charge is 0.468 e. The Morgan fingerprint density at radius 1 is 1.28 bits per heavy atom. The van der Waals surface area contributed by atoms with Crippen molar-refractivity contribution >= 4 is 5.97 Å². The van der Waals surface area contributed by atoms with Crippen molar-refractivity contribution in [3.63, 3.8) is 0 Å². The molecule has 0 aromatic heterocycles. The van der Waals surface area contributed by atoms with Gasteiger partial charge in [-0.15, -0.1) is 0 Å². The van der Waals surface area contributed by atoms with Crippen LogP contribution >= 0.6 is 0 Å². The molecule has 0 bridgehead atoms. The molecule has 0 heterocycles. The Morgan fingerprint density at radius 3 is 2.67 bits per heavy atom. The highest BCUT2D eigenvalue weighted by Gasteiger charge is 2.23. The number of hydrogen-bond donors (Lipinski definition) is 1. The van der Waals surface area contributed by atoms with Gasteiger partial charge in [0.2, 0.25) is 0 Å². The molecule has 0 saturated heterocycles. The third-order valence-electron chi connectivity index (χ3n) is 4.12. The summed E-state index contributed by atoms with van der Waals surface area (Å²) in [5, 5.41) is 3.48. The lowest BCUT2D eigenvalue weighted by Crippen LogP contribution is -2.43. The molecule has 0 aliphatic heterocycles. The molecule has 0 radical (unpaired) electrons. The van der Waals surface area contributed by atoms with E-state index in [0.29, 0.717) is 6.04 Å². The van der Waals surface area contributed by atoms with Crippen molar-refractivity contribution < 1.29 is 9.53 Å². The predicted molar refractivity (Wildman–Crippen MR) is 74.5 cm³/mol. The number of hydrogen-bond acceptors (Lipinski definition) is 3. The monoisotopic (exact) mass is 255 g/mol. The van der Waals surface area contributed by atoms with Gasteiger partial charge >= 0.3 is 5.97 Å². The van der Waals surface area contributed by atoms with Gasteiger partial charge in [-0.1, -0.05) is 39.5 Å². The zero-order valence-electron chi connectivity index (χ0n) is 12.2. The summed E-state index contributed by atoms with van der Waals surface area (Å²) in [6.07, 6.45) is 9.83. The average Bonchev–Trinajstić information content (AvgIpc) is 2.61. The maximum Gasteiger partial charge on any atom is 0.322 e. The molecule has 1 fully saturated rings. The van der Waals surface area contributed by atoms with Crippen molar-refractivity contribution in [3.05, 3.63) is 0 Å². The van der Waals surface area contributed by atoms with Gasteiger partial charge in [0.1, 0.15) is 6.04 Å². The molecule has 3 nitrogen and oxygen atoms in total. The van der Waals surface area contributed by atoms with Gasteiger partial charge in [0.15, 0.2) is 0 Å². The summed E-state index contributed by atoms with van der Waals surface area (Å²) in [4.78, 5) is 11.6. The van der Waals surface area contributed by atoms with E-state index in [2.05, 4.69) is 12.2 Å². The van der Waals surface area contributed by atoms with Crippen molar-refractivity contribution in [2.24, 2.45) is 5.92 Å². The van der Waals surface area contributed by atoms with Crippen molar-refractivity contribution in [2.45, 2.75) is 77.3 Å². The summed E-state index contributed by atoms with van der Waals surface area (Å²) in [5.74, 6) is 0.784. The third kappa shape index (κ3) is 4.97. The summed E-state index contributed by atoms with van der Waals surface area (Å²) < 4.78 is 4.83. The van der Waals surface area contributed by atoms with Gasteiger partial charge in [0.25, 0.3) is 0 Å². The number of methoxy groups -OCH3 is 1. The Kier molecular flexibility index (Phi) is 7.33. The molecule has 1 N–H and O–H groups in total. The summed E-state index contributed by atoms with van der Waals surface area (Å²) in [5.41, 5.74) is 0. The van der Waals surface area contributed by atoms with Crippen molar-refractivity contribution in [1.29, 1.82) is 0 Å².